The predicted octanol–water partition coefficient (Wildman–Crippen LogP) is 4.01. The van der Waals surface area contributed by atoms with Crippen molar-refractivity contribution in [3.05, 3.63) is 12.7 Å². The minimum absolute atomic E-state index is 0.0479. The molecule has 21 heavy (non-hydrogen) atoms. The van der Waals surface area contributed by atoms with Crippen LogP contribution in [0.25, 0.3) is 0 Å². The predicted molar refractivity (Wildman–Crippen MR) is 92.3 cm³/mol. The van der Waals surface area contributed by atoms with Crippen molar-refractivity contribution in [2.45, 2.75) is 32.3 Å². The van der Waals surface area contributed by atoms with Crippen LogP contribution in [0, 0.1) is 0 Å². The standard InChI is InChI=1S/C13H26BrO5PS/c1-3-5-6-8-17-13(12-21-10-4-2)11-19-20(15,16)18-9-7-14/h4,13H,2-3,5-12H2,1H3,(H,15,16). The topological polar surface area (TPSA) is 65.0 Å². The zero-order chi connectivity index (χ0) is 16.0. The van der Waals surface area contributed by atoms with Crippen LogP contribution in [0.3, 0.4) is 0 Å². The Hall–Kier alpha value is 0.640. The Morgan fingerprint density at radius 1 is 1.38 bits per heavy atom. The van der Waals surface area contributed by atoms with E-state index in [0.717, 1.165) is 25.0 Å². The third-order valence-corrected chi connectivity index (χ3v) is 4.78. The van der Waals surface area contributed by atoms with Crippen molar-refractivity contribution in [1.29, 1.82) is 0 Å². The molecule has 126 valence electrons. The zero-order valence-corrected chi connectivity index (χ0v) is 15.8. The molecule has 0 aromatic heterocycles. The summed E-state index contributed by atoms with van der Waals surface area (Å²) in [7, 11) is -3.99. The number of thioether (sulfide) groups is 1. The average Bonchev–Trinajstić information content (AvgIpc) is 2.46. The minimum Gasteiger partial charge on any atom is -0.375 e. The second kappa shape index (κ2) is 14.2. The molecule has 0 spiro atoms. The first kappa shape index (κ1) is 21.6. The second-order valence-corrected chi connectivity index (χ2v) is 7.63. The lowest BCUT2D eigenvalue weighted by atomic mass is 10.3. The second-order valence-electron chi connectivity index (χ2n) is 4.31. The fourth-order valence-corrected chi connectivity index (χ4v) is 3.32. The third kappa shape index (κ3) is 14.0. The number of hydrogen-bond donors (Lipinski definition) is 1. The fourth-order valence-electron chi connectivity index (χ4n) is 1.39. The lowest BCUT2D eigenvalue weighted by Gasteiger charge is -2.19. The molecule has 0 fully saturated rings. The van der Waals surface area contributed by atoms with E-state index in [1.807, 2.05) is 6.08 Å². The zero-order valence-electron chi connectivity index (χ0n) is 12.5. The van der Waals surface area contributed by atoms with E-state index in [1.165, 1.54) is 0 Å². The summed E-state index contributed by atoms with van der Waals surface area (Å²) in [6.45, 7) is 6.60. The molecule has 0 heterocycles. The van der Waals surface area contributed by atoms with Gasteiger partial charge in [-0.3, -0.25) is 9.05 Å². The average molecular weight is 405 g/mol. The van der Waals surface area contributed by atoms with E-state index in [2.05, 4.69) is 29.4 Å². The molecule has 0 saturated carbocycles. The Morgan fingerprint density at radius 2 is 2.14 bits per heavy atom. The van der Waals surface area contributed by atoms with Crippen molar-refractivity contribution < 1.29 is 23.2 Å². The largest absolute Gasteiger partial charge is 0.472 e. The molecule has 0 amide bonds. The Labute approximate surface area is 140 Å². The molecule has 0 bridgehead atoms. The van der Waals surface area contributed by atoms with Gasteiger partial charge >= 0.3 is 7.82 Å². The van der Waals surface area contributed by atoms with E-state index in [1.54, 1.807) is 11.8 Å². The number of rotatable bonds is 15. The van der Waals surface area contributed by atoms with Crippen molar-refractivity contribution in [1.82, 2.24) is 0 Å². The molecule has 0 aliphatic carbocycles. The summed E-state index contributed by atoms with van der Waals surface area (Å²) in [6.07, 6.45) is 4.81. The third-order valence-electron chi connectivity index (χ3n) is 2.40. The molecule has 1 N–H and O–H groups in total. The van der Waals surface area contributed by atoms with E-state index >= 15 is 0 Å². The molecule has 8 heteroatoms. The summed E-state index contributed by atoms with van der Waals surface area (Å²) >= 11 is 4.77. The number of hydrogen-bond acceptors (Lipinski definition) is 5. The smallest absolute Gasteiger partial charge is 0.375 e. The normalized spacial score (nSPS) is 15.6. The van der Waals surface area contributed by atoms with Crippen molar-refractivity contribution in [2.24, 2.45) is 0 Å². The molecule has 0 aliphatic rings. The van der Waals surface area contributed by atoms with Crippen LogP contribution in [0.2, 0.25) is 0 Å². The summed E-state index contributed by atoms with van der Waals surface area (Å²) in [5.74, 6) is 1.50. The number of phosphoric ester groups is 1. The van der Waals surface area contributed by atoms with Crippen molar-refractivity contribution in [3.8, 4) is 0 Å². The van der Waals surface area contributed by atoms with Crippen LogP contribution in [0.15, 0.2) is 12.7 Å². The van der Waals surface area contributed by atoms with Gasteiger partial charge in [-0.2, -0.15) is 11.8 Å². The monoisotopic (exact) mass is 404 g/mol. The minimum atomic E-state index is -3.99. The van der Waals surface area contributed by atoms with Gasteiger partial charge < -0.3 is 9.63 Å². The molecule has 0 aliphatic heterocycles. The van der Waals surface area contributed by atoms with Crippen LogP contribution in [-0.4, -0.2) is 47.7 Å². The highest BCUT2D eigenvalue weighted by atomic mass is 79.9. The van der Waals surface area contributed by atoms with Gasteiger partial charge in [-0.05, 0) is 6.42 Å². The van der Waals surface area contributed by atoms with Gasteiger partial charge in [0.25, 0.3) is 0 Å². The van der Waals surface area contributed by atoms with Crippen molar-refractivity contribution >= 4 is 35.5 Å². The van der Waals surface area contributed by atoms with Crippen LogP contribution in [0.1, 0.15) is 26.2 Å². The molecule has 0 aromatic carbocycles. The summed E-state index contributed by atoms with van der Waals surface area (Å²) in [5.41, 5.74) is 0. The highest BCUT2D eigenvalue weighted by Crippen LogP contribution is 2.43. The van der Waals surface area contributed by atoms with Crippen molar-refractivity contribution in [2.75, 3.05) is 36.7 Å². The maximum absolute atomic E-state index is 11.6. The first-order valence-corrected chi connectivity index (χ1v) is 10.8. The maximum atomic E-state index is 11.6. The molecule has 5 nitrogen and oxygen atoms in total. The van der Waals surface area contributed by atoms with Crippen LogP contribution in [-0.2, 0) is 18.3 Å². The van der Waals surface area contributed by atoms with Gasteiger partial charge in [0.15, 0.2) is 0 Å². The molecule has 0 saturated heterocycles. The van der Waals surface area contributed by atoms with Gasteiger partial charge in [0.1, 0.15) is 0 Å². The quantitative estimate of drug-likeness (QED) is 0.192. The molecular formula is C13H26BrO5PS. The van der Waals surface area contributed by atoms with E-state index in [0.29, 0.717) is 17.7 Å². The molecule has 0 radical (unpaired) electrons. The Bertz CT molecular complexity index is 306. The first-order valence-electron chi connectivity index (χ1n) is 7.03. The highest BCUT2D eigenvalue weighted by molar-refractivity contribution is 9.09. The first-order chi connectivity index (χ1) is 10.1. The van der Waals surface area contributed by atoms with E-state index in [4.69, 9.17) is 13.8 Å². The van der Waals surface area contributed by atoms with Crippen LogP contribution in [0.4, 0.5) is 0 Å². The maximum Gasteiger partial charge on any atom is 0.472 e. The molecule has 0 rings (SSSR count). The number of halogens is 1. The highest BCUT2D eigenvalue weighted by Gasteiger charge is 2.23. The van der Waals surface area contributed by atoms with Gasteiger partial charge in [-0.25, -0.2) is 4.57 Å². The van der Waals surface area contributed by atoms with Crippen LogP contribution >= 0.6 is 35.5 Å². The lowest BCUT2D eigenvalue weighted by Crippen LogP contribution is -2.23. The van der Waals surface area contributed by atoms with Crippen LogP contribution < -0.4 is 0 Å². The van der Waals surface area contributed by atoms with E-state index in [9.17, 15) is 9.46 Å². The summed E-state index contributed by atoms with van der Waals surface area (Å²) in [4.78, 5) is 9.49. The van der Waals surface area contributed by atoms with E-state index < -0.39 is 7.82 Å². The SMILES string of the molecule is C=CCSCC(COP(=O)(O)OCCBr)OCCCCC. The molecule has 0 aromatic rings. The number of phosphoric acid groups is 1. The summed E-state index contributed by atoms with van der Waals surface area (Å²) in [5, 5.41) is 0.479. The lowest BCUT2D eigenvalue weighted by molar-refractivity contribution is 0.0211. The van der Waals surface area contributed by atoms with Crippen LogP contribution in [0.5, 0.6) is 0 Å². The van der Waals surface area contributed by atoms with Gasteiger partial charge in [0.2, 0.25) is 0 Å². The van der Waals surface area contributed by atoms with Gasteiger partial charge in [-0.1, -0.05) is 41.8 Å². The number of unbranched alkanes of at least 4 members (excludes halogenated alkanes) is 2. The Kier molecular flexibility index (Phi) is 14.7. The van der Waals surface area contributed by atoms with Crippen molar-refractivity contribution in [3.63, 3.8) is 0 Å². The molecule has 2 atom stereocenters. The molecule has 2 unspecified atom stereocenters. The van der Waals surface area contributed by atoms with Gasteiger partial charge in [0, 0.05) is 23.4 Å². The van der Waals surface area contributed by atoms with Gasteiger partial charge in [-0.15, -0.1) is 6.58 Å². The number of alkyl halides is 1. The Balaban J connectivity index is 4.11. The van der Waals surface area contributed by atoms with Gasteiger partial charge in [0.05, 0.1) is 19.3 Å². The number of ether oxygens (including phenoxy) is 1. The van der Waals surface area contributed by atoms with E-state index in [-0.39, 0.29) is 19.3 Å². The molecular weight excluding hydrogens is 379 g/mol. The Morgan fingerprint density at radius 3 is 2.76 bits per heavy atom. The fraction of sp³-hybridized carbons (Fsp3) is 0.846. The summed E-state index contributed by atoms with van der Waals surface area (Å²) < 4.78 is 27.1. The summed E-state index contributed by atoms with van der Waals surface area (Å²) in [6, 6.07) is 0.